The Bertz CT molecular complexity index is 385. The molecule has 20 heavy (non-hydrogen) atoms. The zero-order chi connectivity index (χ0) is 15.1. The number of aryl methyl sites for hydroxylation is 2. The average molecular weight is 277 g/mol. The summed E-state index contributed by atoms with van der Waals surface area (Å²) in [6, 6.07) is 5.01. The Balaban J connectivity index is 3.10. The van der Waals surface area contributed by atoms with Gasteiger partial charge in [-0.1, -0.05) is 38.8 Å². The molecule has 1 N–H and O–H groups in total. The van der Waals surface area contributed by atoms with E-state index < -0.39 is 0 Å². The van der Waals surface area contributed by atoms with Crippen LogP contribution < -0.4 is 10.1 Å². The van der Waals surface area contributed by atoms with Crippen molar-refractivity contribution >= 4 is 0 Å². The van der Waals surface area contributed by atoms with Crippen LogP contribution in [0.5, 0.6) is 5.75 Å². The number of hydrogen-bond acceptors (Lipinski definition) is 2. The summed E-state index contributed by atoms with van der Waals surface area (Å²) >= 11 is 0. The van der Waals surface area contributed by atoms with E-state index in [9.17, 15) is 0 Å². The predicted octanol–water partition coefficient (Wildman–Crippen LogP) is 4.79. The minimum absolute atomic E-state index is 0.443. The van der Waals surface area contributed by atoms with Crippen molar-refractivity contribution in [3.05, 3.63) is 28.8 Å². The maximum atomic E-state index is 5.48. The predicted molar refractivity (Wildman–Crippen MR) is 87.6 cm³/mol. The summed E-state index contributed by atoms with van der Waals surface area (Å²) in [6.45, 7) is 8.83. The zero-order valence-corrected chi connectivity index (χ0v) is 14.0. The molecule has 2 heteroatoms. The first kappa shape index (κ1) is 17.0. The van der Waals surface area contributed by atoms with E-state index in [0.29, 0.717) is 12.0 Å². The molecule has 0 saturated heterocycles. The lowest BCUT2D eigenvalue weighted by atomic mass is 9.85. The molecule has 0 heterocycles. The molecule has 0 spiro atoms. The van der Waals surface area contributed by atoms with Crippen LogP contribution in [0.15, 0.2) is 12.1 Å². The summed E-state index contributed by atoms with van der Waals surface area (Å²) in [6.07, 6.45) is 5.06. The Morgan fingerprint density at radius 3 is 1.90 bits per heavy atom. The summed E-state index contributed by atoms with van der Waals surface area (Å²) in [5.74, 6) is 1.73. The lowest BCUT2D eigenvalue weighted by Gasteiger charge is -2.28. The van der Waals surface area contributed by atoms with Crippen molar-refractivity contribution in [3.8, 4) is 5.75 Å². The van der Waals surface area contributed by atoms with Crippen LogP contribution in [0.1, 0.15) is 62.3 Å². The molecular weight excluding hydrogens is 246 g/mol. The molecule has 114 valence electrons. The fourth-order valence-electron chi connectivity index (χ4n) is 3.38. The van der Waals surface area contributed by atoms with E-state index in [1.807, 2.05) is 0 Å². The van der Waals surface area contributed by atoms with Crippen molar-refractivity contribution in [2.75, 3.05) is 14.2 Å². The molecule has 1 aromatic carbocycles. The normalized spacial score (nSPS) is 12.8. The molecule has 1 rings (SSSR count). The van der Waals surface area contributed by atoms with Crippen LogP contribution in [0.2, 0.25) is 0 Å². The third-order valence-corrected chi connectivity index (χ3v) is 4.15. The quantitative estimate of drug-likeness (QED) is 0.737. The SMILES string of the molecule is CCCC(CCC)C(NC)c1cc(C)c(OC)c(C)c1. The van der Waals surface area contributed by atoms with E-state index in [-0.39, 0.29) is 0 Å². The van der Waals surface area contributed by atoms with Gasteiger partial charge < -0.3 is 10.1 Å². The van der Waals surface area contributed by atoms with Gasteiger partial charge in [0.2, 0.25) is 0 Å². The van der Waals surface area contributed by atoms with Crippen LogP contribution in [0, 0.1) is 19.8 Å². The average Bonchev–Trinajstić information content (AvgIpc) is 2.40. The van der Waals surface area contributed by atoms with Gasteiger partial charge in [0, 0.05) is 6.04 Å². The first-order chi connectivity index (χ1) is 9.58. The molecule has 0 aliphatic heterocycles. The molecule has 0 saturated carbocycles. The van der Waals surface area contributed by atoms with Crippen LogP contribution >= 0.6 is 0 Å². The Kier molecular flexibility index (Phi) is 7.08. The van der Waals surface area contributed by atoms with E-state index in [2.05, 4.69) is 52.2 Å². The molecule has 0 radical (unpaired) electrons. The fourth-order valence-corrected chi connectivity index (χ4v) is 3.38. The second-order valence-electron chi connectivity index (χ2n) is 5.79. The summed E-state index contributed by atoms with van der Waals surface area (Å²) in [5.41, 5.74) is 3.86. The number of hydrogen-bond donors (Lipinski definition) is 1. The van der Waals surface area contributed by atoms with Crippen molar-refractivity contribution in [3.63, 3.8) is 0 Å². The molecule has 1 aromatic rings. The van der Waals surface area contributed by atoms with Gasteiger partial charge in [-0.25, -0.2) is 0 Å². The molecule has 0 aliphatic carbocycles. The molecule has 0 bridgehead atoms. The number of rotatable bonds is 8. The first-order valence-corrected chi connectivity index (χ1v) is 7.91. The third-order valence-electron chi connectivity index (χ3n) is 4.15. The van der Waals surface area contributed by atoms with Gasteiger partial charge in [-0.15, -0.1) is 0 Å². The topological polar surface area (TPSA) is 21.3 Å². The summed E-state index contributed by atoms with van der Waals surface area (Å²) in [7, 11) is 3.83. The first-order valence-electron chi connectivity index (χ1n) is 7.91. The minimum atomic E-state index is 0.443. The number of ether oxygens (including phenoxy) is 1. The molecular formula is C18H31NO. The standard InChI is InChI=1S/C18H31NO/c1-7-9-15(10-8-2)17(19-5)16-11-13(3)18(20-6)14(4)12-16/h11-12,15,17,19H,7-10H2,1-6H3. The van der Waals surface area contributed by atoms with Crippen molar-refractivity contribution in [1.82, 2.24) is 5.32 Å². The van der Waals surface area contributed by atoms with Crippen molar-refractivity contribution in [2.45, 2.75) is 59.4 Å². The Hall–Kier alpha value is -1.02. The van der Waals surface area contributed by atoms with E-state index in [4.69, 9.17) is 4.74 Å². The number of nitrogens with one attached hydrogen (secondary N) is 1. The van der Waals surface area contributed by atoms with Gasteiger partial charge in [0.15, 0.2) is 0 Å². The lowest BCUT2D eigenvalue weighted by Crippen LogP contribution is -2.25. The van der Waals surface area contributed by atoms with Crippen molar-refractivity contribution in [2.24, 2.45) is 5.92 Å². The summed E-state index contributed by atoms with van der Waals surface area (Å²) in [5, 5.41) is 3.54. The summed E-state index contributed by atoms with van der Waals surface area (Å²) in [4.78, 5) is 0. The highest BCUT2D eigenvalue weighted by molar-refractivity contribution is 5.44. The van der Waals surface area contributed by atoms with E-state index in [1.165, 1.54) is 42.4 Å². The Labute approximate surface area is 124 Å². The van der Waals surface area contributed by atoms with Crippen molar-refractivity contribution in [1.29, 1.82) is 0 Å². The van der Waals surface area contributed by atoms with Crippen LogP contribution in [0.4, 0.5) is 0 Å². The fraction of sp³-hybridized carbons (Fsp3) is 0.667. The maximum Gasteiger partial charge on any atom is 0.124 e. The Morgan fingerprint density at radius 2 is 1.55 bits per heavy atom. The van der Waals surface area contributed by atoms with Crippen LogP contribution in [0.3, 0.4) is 0 Å². The smallest absolute Gasteiger partial charge is 0.124 e. The van der Waals surface area contributed by atoms with Crippen LogP contribution in [-0.4, -0.2) is 14.2 Å². The van der Waals surface area contributed by atoms with Crippen LogP contribution in [0.25, 0.3) is 0 Å². The lowest BCUT2D eigenvalue weighted by molar-refractivity contribution is 0.330. The summed E-state index contributed by atoms with van der Waals surface area (Å²) < 4.78 is 5.48. The molecule has 2 nitrogen and oxygen atoms in total. The second kappa shape index (κ2) is 8.31. The van der Waals surface area contributed by atoms with Crippen molar-refractivity contribution < 1.29 is 4.74 Å². The van der Waals surface area contributed by atoms with E-state index in [0.717, 1.165) is 5.75 Å². The highest BCUT2D eigenvalue weighted by Gasteiger charge is 2.21. The van der Waals surface area contributed by atoms with Gasteiger partial charge in [0.05, 0.1) is 7.11 Å². The van der Waals surface area contributed by atoms with Crippen LogP contribution in [-0.2, 0) is 0 Å². The molecule has 0 fully saturated rings. The van der Waals surface area contributed by atoms with Gasteiger partial charge >= 0.3 is 0 Å². The highest BCUT2D eigenvalue weighted by atomic mass is 16.5. The van der Waals surface area contributed by atoms with Gasteiger partial charge in [-0.05, 0) is 56.3 Å². The highest BCUT2D eigenvalue weighted by Crippen LogP contribution is 2.33. The van der Waals surface area contributed by atoms with Gasteiger partial charge in [0.25, 0.3) is 0 Å². The van der Waals surface area contributed by atoms with Gasteiger partial charge in [-0.2, -0.15) is 0 Å². The Morgan fingerprint density at radius 1 is 1.05 bits per heavy atom. The molecule has 0 amide bonds. The van der Waals surface area contributed by atoms with Gasteiger partial charge in [0.1, 0.15) is 5.75 Å². The number of benzene rings is 1. The van der Waals surface area contributed by atoms with E-state index in [1.54, 1.807) is 7.11 Å². The largest absolute Gasteiger partial charge is 0.496 e. The monoisotopic (exact) mass is 277 g/mol. The third kappa shape index (κ3) is 3.99. The molecule has 1 atom stereocenters. The maximum absolute atomic E-state index is 5.48. The minimum Gasteiger partial charge on any atom is -0.496 e. The number of methoxy groups -OCH3 is 1. The molecule has 0 aromatic heterocycles. The zero-order valence-electron chi connectivity index (χ0n) is 14.0. The van der Waals surface area contributed by atoms with Gasteiger partial charge in [-0.3, -0.25) is 0 Å². The second-order valence-corrected chi connectivity index (χ2v) is 5.79. The van der Waals surface area contributed by atoms with E-state index >= 15 is 0 Å². The molecule has 0 aliphatic rings. The molecule has 1 unspecified atom stereocenters.